The molecule has 24 heavy (non-hydrogen) atoms. The van der Waals surface area contributed by atoms with Crippen LogP contribution in [-0.2, 0) is 11.0 Å². The lowest BCUT2D eigenvalue weighted by Gasteiger charge is -2.25. The molecule has 128 valence electrons. The number of nitrogens with two attached hydrogens (primary N) is 1. The molecule has 2 aliphatic rings. The van der Waals surface area contributed by atoms with Crippen LogP contribution in [0.4, 0.5) is 0 Å². The van der Waals surface area contributed by atoms with E-state index in [1.54, 1.807) is 7.11 Å². The van der Waals surface area contributed by atoms with Crippen LogP contribution in [0.2, 0.25) is 0 Å². The van der Waals surface area contributed by atoms with E-state index < -0.39 is 5.54 Å². The minimum Gasteiger partial charge on any atom is -0.497 e. The highest BCUT2D eigenvalue weighted by molar-refractivity contribution is 5.37. The second-order valence-electron chi connectivity index (χ2n) is 7.30. The first-order valence-electron chi connectivity index (χ1n) is 8.94. The Balaban J connectivity index is 1.71. The summed E-state index contributed by atoms with van der Waals surface area (Å²) in [4.78, 5) is 4.80. The Morgan fingerprint density at radius 2 is 1.62 bits per heavy atom. The van der Waals surface area contributed by atoms with E-state index in [1.165, 1.54) is 18.4 Å². The van der Waals surface area contributed by atoms with Crippen LogP contribution in [-0.4, -0.2) is 17.3 Å². The number of ether oxygens (including phenoxy) is 1. The van der Waals surface area contributed by atoms with Crippen molar-refractivity contribution < 1.29 is 9.26 Å². The maximum atomic E-state index is 6.51. The molecule has 0 unspecified atom stereocenters. The van der Waals surface area contributed by atoms with Crippen molar-refractivity contribution in [2.45, 2.75) is 62.3 Å². The Morgan fingerprint density at radius 1 is 1.00 bits per heavy atom. The molecule has 0 atom stereocenters. The third-order valence-corrected chi connectivity index (χ3v) is 5.88. The third-order valence-electron chi connectivity index (χ3n) is 5.88. The van der Waals surface area contributed by atoms with E-state index in [-0.39, 0.29) is 5.41 Å². The molecular weight excluding hydrogens is 302 g/mol. The van der Waals surface area contributed by atoms with Crippen molar-refractivity contribution in [2.24, 2.45) is 5.73 Å². The Hall–Kier alpha value is -1.88. The number of methoxy groups -OCH3 is 1. The predicted molar refractivity (Wildman–Crippen MR) is 90.9 cm³/mol. The van der Waals surface area contributed by atoms with Crippen LogP contribution in [0.1, 0.15) is 68.6 Å². The van der Waals surface area contributed by atoms with Crippen LogP contribution in [0, 0.1) is 0 Å². The molecule has 2 fully saturated rings. The van der Waals surface area contributed by atoms with Gasteiger partial charge in [-0.1, -0.05) is 43.0 Å². The second-order valence-corrected chi connectivity index (χ2v) is 7.30. The molecule has 2 aliphatic carbocycles. The van der Waals surface area contributed by atoms with Crippen molar-refractivity contribution in [3.05, 3.63) is 41.5 Å². The maximum Gasteiger partial charge on any atom is 0.237 e. The fraction of sp³-hybridized carbons (Fsp3) is 0.579. The summed E-state index contributed by atoms with van der Waals surface area (Å²) >= 11 is 0. The second kappa shape index (κ2) is 5.88. The molecule has 0 saturated heterocycles. The highest BCUT2D eigenvalue weighted by Crippen LogP contribution is 2.46. The normalized spacial score (nSPS) is 21.9. The van der Waals surface area contributed by atoms with Crippen LogP contribution in [0.5, 0.6) is 5.75 Å². The molecule has 0 radical (unpaired) electrons. The molecule has 5 nitrogen and oxygen atoms in total. The van der Waals surface area contributed by atoms with E-state index in [2.05, 4.69) is 17.3 Å². The first-order valence-corrected chi connectivity index (χ1v) is 8.94. The third kappa shape index (κ3) is 2.42. The quantitative estimate of drug-likeness (QED) is 0.927. The van der Waals surface area contributed by atoms with Crippen LogP contribution in [0.3, 0.4) is 0 Å². The molecule has 0 spiro atoms. The maximum absolute atomic E-state index is 6.51. The van der Waals surface area contributed by atoms with Crippen molar-refractivity contribution in [2.75, 3.05) is 7.11 Å². The monoisotopic (exact) mass is 327 g/mol. The molecule has 1 aromatic carbocycles. The molecule has 4 rings (SSSR count). The number of aromatic nitrogens is 2. The standard InChI is InChI=1S/C19H25N3O2/c1-23-15-8-6-14(7-9-15)18(10-2-3-11-18)17-21-16(22-24-17)19(20)12-4-5-13-19/h6-9H,2-5,10-13,20H2,1H3. The van der Waals surface area contributed by atoms with Crippen molar-refractivity contribution in [1.29, 1.82) is 0 Å². The summed E-state index contributed by atoms with van der Waals surface area (Å²) in [6.07, 6.45) is 8.61. The fourth-order valence-electron chi connectivity index (χ4n) is 4.36. The molecule has 0 bridgehead atoms. The summed E-state index contributed by atoms with van der Waals surface area (Å²) in [5.41, 5.74) is 7.17. The topological polar surface area (TPSA) is 74.2 Å². The molecule has 0 amide bonds. The first-order chi connectivity index (χ1) is 11.7. The summed E-state index contributed by atoms with van der Waals surface area (Å²) in [6.45, 7) is 0. The largest absolute Gasteiger partial charge is 0.497 e. The minimum absolute atomic E-state index is 0.174. The number of hydrogen-bond acceptors (Lipinski definition) is 5. The first kappa shape index (κ1) is 15.6. The molecule has 1 heterocycles. The summed E-state index contributed by atoms with van der Waals surface area (Å²) in [5.74, 6) is 2.29. The van der Waals surface area contributed by atoms with Gasteiger partial charge in [0.25, 0.3) is 0 Å². The molecule has 2 aromatic rings. The summed E-state index contributed by atoms with van der Waals surface area (Å²) in [5, 5.41) is 4.28. The fourth-order valence-corrected chi connectivity index (χ4v) is 4.36. The lowest BCUT2D eigenvalue weighted by atomic mass is 9.78. The van der Waals surface area contributed by atoms with Crippen molar-refractivity contribution >= 4 is 0 Å². The van der Waals surface area contributed by atoms with Crippen molar-refractivity contribution in [3.63, 3.8) is 0 Å². The molecule has 0 aliphatic heterocycles. The lowest BCUT2D eigenvalue weighted by Crippen LogP contribution is -2.34. The Bertz CT molecular complexity index is 696. The van der Waals surface area contributed by atoms with Crippen molar-refractivity contribution in [3.8, 4) is 5.75 Å². The zero-order valence-corrected chi connectivity index (χ0v) is 14.3. The van der Waals surface area contributed by atoms with Gasteiger partial charge in [-0.05, 0) is 43.4 Å². The van der Waals surface area contributed by atoms with Crippen molar-refractivity contribution in [1.82, 2.24) is 10.1 Å². The molecule has 5 heteroatoms. The van der Waals surface area contributed by atoms with Gasteiger partial charge < -0.3 is 15.0 Å². The van der Waals surface area contributed by atoms with E-state index in [4.69, 9.17) is 20.0 Å². The zero-order chi connectivity index (χ0) is 16.6. The van der Waals surface area contributed by atoms with E-state index in [0.29, 0.717) is 5.82 Å². The highest BCUT2D eigenvalue weighted by atomic mass is 16.5. The van der Waals surface area contributed by atoms with Crippen LogP contribution >= 0.6 is 0 Å². The van der Waals surface area contributed by atoms with Gasteiger partial charge in [0.05, 0.1) is 18.1 Å². The van der Waals surface area contributed by atoms with Crippen LogP contribution in [0.25, 0.3) is 0 Å². The molecule has 1 aromatic heterocycles. The average Bonchev–Trinajstić information content (AvgIpc) is 3.35. The number of hydrogen-bond donors (Lipinski definition) is 1. The van der Waals surface area contributed by atoms with Crippen LogP contribution in [0.15, 0.2) is 28.8 Å². The van der Waals surface area contributed by atoms with Gasteiger partial charge in [-0.3, -0.25) is 0 Å². The minimum atomic E-state index is -0.401. The van der Waals surface area contributed by atoms with Gasteiger partial charge in [0.2, 0.25) is 5.89 Å². The SMILES string of the molecule is COc1ccc(C2(c3nc(C4(N)CCCC4)no3)CCCC2)cc1. The van der Waals surface area contributed by atoms with E-state index in [1.807, 2.05) is 12.1 Å². The number of nitrogens with zero attached hydrogens (tertiary/aromatic N) is 2. The zero-order valence-electron chi connectivity index (χ0n) is 14.3. The van der Waals surface area contributed by atoms with E-state index in [9.17, 15) is 0 Å². The van der Waals surface area contributed by atoms with Crippen LogP contribution < -0.4 is 10.5 Å². The molecular formula is C19H25N3O2. The van der Waals surface area contributed by atoms with Gasteiger partial charge in [0.15, 0.2) is 5.82 Å². The highest BCUT2D eigenvalue weighted by Gasteiger charge is 2.44. The summed E-state index contributed by atoms with van der Waals surface area (Å²) in [6, 6.07) is 8.27. The van der Waals surface area contributed by atoms with Gasteiger partial charge in [0, 0.05) is 0 Å². The average molecular weight is 327 g/mol. The summed E-state index contributed by atoms with van der Waals surface area (Å²) < 4.78 is 11.1. The number of benzene rings is 1. The molecule has 2 N–H and O–H groups in total. The van der Waals surface area contributed by atoms with E-state index >= 15 is 0 Å². The van der Waals surface area contributed by atoms with E-state index in [0.717, 1.165) is 50.2 Å². The Kier molecular flexibility index (Phi) is 3.83. The molecule has 2 saturated carbocycles. The van der Waals surface area contributed by atoms with Gasteiger partial charge in [-0.15, -0.1) is 0 Å². The summed E-state index contributed by atoms with van der Waals surface area (Å²) in [7, 11) is 1.69. The lowest BCUT2D eigenvalue weighted by molar-refractivity contribution is 0.302. The Morgan fingerprint density at radius 3 is 2.25 bits per heavy atom. The Labute approximate surface area is 142 Å². The van der Waals surface area contributed by atoms with Gasteiger partial charge in [-0.25, -0.2) is 0 Å². The predicted octanol–water partition coefficient (Wildman–Crippen LogP) is 3.67. The smallest absolute Gasteiger partial charge is 0.237 e. The van der Waals surface area contributed by atoms with Gasteiger partial charge >= 0.3 is 0 Å². The number of rotatable bonds is 4. The van der Waals surface area contributed by atoms with Gasteiger partial charge in [-0.2, -0.15) is 4.98 Å². The van der Waals surface area contributed by atoms with Gasteiger partial charge in [0.1, 0.15) is 5.75 Å².